The zero-order valence-electron chi connectivity index (χ0n) is 24.0. The van der Waals surface area contributed by atoms with Crippen molar-refractivity contribution in [2.75, 3.05) is 5.32 Å². The molecule has 8 heteroatoms. The summed E-state index contributed by atoms with van der Waals surface area (Å²) in [6, 6.07) is 3.45. The molecule has 3 saturated carbocycles. The van der Waals surface area contributed by atoms with E-state index >= 15 is 0 Å². The Balaban J connectivity index is 1.25. The second-order valence-corrected chi connectivity index (χ2v) is 14.0. The van der Waals surface area contributed by atoms with Gasteiger partial charge in [0.1, 0.15) is 0 Å². The van der Waals surface area contributed by atoms with Crippen LogP contribution >= 0.6 is 0 Å². The Morgan fingerprint density at radius 1 is 1.08 bits per heavy atom. The number of aromatic nitrogens is 2. The van der Waals surface area contributed by atoms with Gasteiger partial charge in [0.15, 0.2) is 5.52 Å². The fourth-order valence-electron chi connectivity index (χ4n) is 10.00. The number of nitrogens with zero attached hydrogens (tertiary/aromatic N) is 3. The molecule has 1 aromatic heterocycles. The summed E-state index contributed by atoms with van der Waals surface area (Å²) in [4.78, 5) is 11.0. The molecule has 3 fully saturated rings. The maximum absolute atomic E-state index is 11.5. The van der Waals surface area contributed by atoms with Crippen LogP contribution in [-0.4, -0.2) is 32.5 Å². The molecule has 0 amide bonds. The van der Waals surface area contributed by atoms with Gasteiger partial charge in [0.2, 0.25) is 5.52 Å². The number of allylic oxidation sites excluding steroid dienone is 1. The number of fused-ring (bicyclic) bond motifs is 6. The predicted octanol–water partition coefficient (Wildman–Crippen LogP) is 7.14. The lowest BCUT2D eigenvalue weighted by molar-refractivity contribution is -0.383. The summed E-state index contributed by atoms with van der Waals surface area (Å²) < 4.78 is 4.92. The molecule has 1 heterocycles. The van der Waals surface area contributed by atoms with Crippen LogP contribution < -0.4 is 5.32 Å². The first-order chi connectivity index (χ1) is 18.5. The number of rotatable bonds is 6. The lowest BCUT2D eigenvalue weighted by Gasteiger charge is -2.58. The third-order valence-corrected chi connectivity index (χ3v) is 12.0. The third-order valence-electron chi connectivity index (χ3n) is 12.0. The molecule has 1 aromatic carbocycles. The van der Waals surface area contributed by atoms with Crippen molar-refractivity contribution in [2.24, 2.45) is 46.3 Å². The van der Waals surface area contributed by atoms with Crippen LogP contribution in [0.2, 0.25) is 0 Å². The molecular formula is C31H44N4O4. The molecule has 4 aliphatic rings. The number of aliphatic hydroxyl groups is 1. The van der Waals surface area contributed by atoms with Crippen molar-refractivity contribution in [1.82, 2.24) is 10.3 Å². The largest absolute Gasteiger partial charge is 0.393 e. The number of nitrogens with one attached hydrogen (secondary N) is 1. The Morgan fingerprint density at radius 2 is 1.85 bits per heavy atom. The van der Waals surface area contributed by atoms with Gasteiger partial charge in [-0.15, -0.1) is 0 Å². The number of nitro groups is 1. The molecule has 39 heavy (non-hydrogen) atoms. The lowest BCUT2D eigenvalue weighted by atomic mass is 9.47. The van der Waals surface area contributed by atoms with Gasteiger partial charge in [-0.05, 0) is 114 Å². The number of anilines is 1. The Labute approximate surface area is 231 Å². The van der Waals surface area contributed by atoms with Crippen LogP contribution in [0.3, 0.4) is 0 Å². The molecule has 2 unspecified atom stereocenters. The molecule has 0 spiro atoms. The molecule has 4 aliphatic carbocycles. The molecule has 2 N–H and O–H groups in total. The van der Waals surface area contributed by atoms with Gasteiger partial charge < -0.3 is 10.4 Å². The van der Waals surface area contributed by atoms with Crippen LogP contribution in [0, 0.1) is 56.5 Å². The Hall–Kier alpha value is -2.48. The summed E-state index contributed by atoms with van der Waals surface area (Å²) in [7, 11) is 0. The van der Waals surface area contributed by atoms with Gasteiger partial charge >= 0.3 is 5.69 Å². The maximum Gasteiger partial charge on any atom is 0.300 e. The Bertz CT molecular complexity index is 1290. The molecule has 8 nitrogen and oxygen atoms in total. The van der Waals surface area contributed by atoms with Crippen molar-refractivity contribution >= 4 is 22.4 Å². The average Bonchev–Trinajstić information content (AvgIpc) is 3.51. The fourth-order valence-corrected chi connectivity index (χ4v) is 10.00. The highest BCUT2D eigenvalue weighted by Gasteiger charge is 2.59. The van der Waals surface area contributed by atoms with Crippen LogP contribution in [-0.2, 0) is 0 Å². The van der Waals surface area contributed by atoms with E-state index in [1.807, 2.05) is 0 Å². The van der Waals surface area contributed by atoms with E-state index in [2.05, 4.69) is 56.3 Å². The summed E-state index contributed by atoms with van der Waals surface area (Å²) in [5.74, 6) is 3.63. The number of benzene rings is 1. The highest BCUT2D eigenvalue weighted by molar-refractivity contribution is 5.93. The summed E-state index contributed by atoms with van der Waals surface area (Å²) in [5.41, 5.74) is 3.40. The topological polar surface area (TPSA) is 114 Å². The second-order valence-electron chi connectivity index (χ2n) is 14.0. The SMILES string of the molecule is CC(C)C(Nc1ccc([N+](=O)[O-])c2nonc12)[C@@H](C)[C@H]1CC[C@H]2[C@@H]3CC=C4CC(O)CC[C@]4(C)[C@H]3CC[C@]12C. The number of hydrogen-bond acceptors (Lipinski definition) is 7. The molecule has 6 rings (SSSR count). The Morgan fingerprint density at radius 3 is 2.59 bits per heavy atom. The first-order valence-corrected chi connectivity index (χ1v) is 15.1. The van der Waals surface area contributed by atoms with Crippen molar-refractivity contribution in [1.29, 1.82) is 0 Å². The van der Waals surface area contributed by atoms with Gasteiger partial charge in [0.25, 0.3) is 0 Å². The van der Waals surface area contributed by atoms with Crippen LogP contribution in [0.4, 0.5) is 11.4 Å². The number of hydrogen-bond donors (Lipinski definition) is 2. The first-order valence-electron chi connectivity index (χ1n) is 15.1. The summed E-state index contributed by atoms with van der Waals surface area (Å²) in [5, 5.41) is 33.4. The zero-order valence-corrected chi connectivity index (χ0v) is 24.0. The van der Waals surface area contributed by atoms with Crippen molar-refractivity contribution < 1.29 is 14.7 Å². The molecular weight excluding hydrogens is 492 g/mol. The molecule has 0 saturated heterocycles. The summed E-state index contributed by atoms with van der Waals surface area (Å²) in [6.07, 6.45) is 11.6. The predicted molar refractivity (Wildman–Crippen MR) is 151 cm³/mol. The van der Waals surface area contributed by atoms with E-state index in [0.717, 1.165) is 42.7 Å². The van der Waals surface area contributed by atoms with Crippen molar-refractivity contribution in [3.05, 3.63) is 33.9 Å². The molecule has 212 valence electrons. The number of non-ortho nitro benzene ring substituents is 1. The number of aliphatic hydroxyl groups excluding tert-OH is 1. The molecule has 0 bridgehead atoms. The van der Waals surface area contributed by atoms with Crippen molar-refractivity contribution in [3.8, 4) is 0 Å². The van der Waals surface area contributed by atoms with Gasteiger partial charge in [-0.3, -0.25) is 10.1 Å². The third kappa shape index (κ3) is 4.11. The summed E-state index contributed by atoms with van der Waals surface area (Å²) in [6.45, 7) is 12.0. The highest BCUT2D eigenvalue weighted by atomic mass is 16.6. The van der Waals surface area contributed by atoms with E-state index in [-0.39, 0.29) is 28.8 Å². The lowest BCUT2D eigenvalue weighted by Crippen LogP contribution is -2.51. The quantitative estimate of drug-likeness (QED) is 0.229. The van der Waals surface area contributed by atoms with Gasteiger partial charge in [-0.1, -0.05) is 46.3 Å². The maximum atomic E-state index is 11.5. The Kier molecular flexibility index (Phi) is 6.56. The van der Waals surface area contributed by atoms with Crippen molar-refractivity contribution in [2.45, 2.75) is 98.1 Å². The highest BCUT2D eigenvalue weighted by Crippen LogP contribution is 2.67. The van der Waals surface area contributed by atoms with E-state index in [1.54, 1.807) is 6.07 Å². The zero-order chi connectivity index (χ0) is 27.7. The minimum absolute atomic E-state index is 0.0836. The standard InChI is InChI=1S/C31H44N4O4/c1-17(2)27(32-25-10-11-26(35(37)38)29-28(25)33-39-34-29)18(3)22-8-9-23-21-7-6-19-16-20(36)12-14-30(19,4)24(21)13-15-31(22,23)5/h6,10-11,17-18,20-24,27,32,36H,7-9,12-16H2,1-5H3/t18-,20?,21-,22+,23-,24-,27?,30-,31+/m0/s1. The van der Waals surface area contributed by atoms with Crippen LogP contribution in [0.5, 0.6) is 0 Å². The first kappa shape index (κ1) is 26.7. The van der Waals surface area contributed by atoms with Gasteiger partial charge in [0, 0.05) is 12.1 Å². The fraction of sp³-hybridized carbons (Fsp3) is 0.742. The molecule has 9 atom stereocenters. The smallest absolute Gasteiger partial charge is 0.300 e. The van der Waals surface area contributed by atoms with E-state index in [1.165, 1.54) is 43.7 Å². The molecule has 0 radical (unpaired) electrons. The summed E-state index contributed by atoms with van der Waals surface area (Å²) >= 11 is 0. The van der Waals surface area contributed by atoms with Gasteiger partial charge in [0.05, 0.1) is 16.7 Å². The van der Waals surface area contributed by atoms with E-state index in [0.29, 0.717) is 28.7 Å². The van der Waals surface area contributed by atoms with Crippen LogP contribution in [0.1, 0.15) is 86.0 Å². The second kappa shape index (κ2) is 9.57. The normalized spacial score (nSPS) is 37.5. The minimum Gasteiger partial charge on any atom is -0.393 e. The van der Waals surface area contributed by atoms with E-state index in [9.17, 15) is 15.2 Å². The van der Waals surface area contributed by atoms with Crippen molar-refractivity contribution in [3.63, 3.8) is 0 Å². The molecule has 0 aliphatic heterocycles. The van der Waals surface area contributed by atoms with E-state index < -0.39 is 4.92 Å². The van der Waals surface area contributed by atoms with E-state index in [4.69, 9.17) is 4.63 Å². The van der Waals surface area contributed by atoms with Crippen LogP contribution in [0.25, 0.3) is 11.0 Å². The minimum atomic E-state index is -0.437. The monoisotopic (exact) mass is 536 g/mol. The molecule has 2 aromatic rings. The average molecular weight is 537 g/mol. The van der Waals surface area contributed by atoms with Crippen LogP contribution in [0.15, 0.2) is 28.4 Å². The van der Waals surface area contributed by atoms with Gasteiger partial charge in [-0.25, -0.2) is 4.63 Å². The number of nitro benzene ring substituents is 1. The van der Waals surface area contributed by atoms with Gasteiger partial charge in [-0.2, -0.15) is 0 Å².